The Morgan fingerprint density at radius 1 is 1.29 bits per heavy atom. The number of carbonyl (C=O) groups is 1. The minimum atomic E-state index is -1.64. The number of oxazole rings is 1. The fourth-order valence-corrected chi connectivity index (χ4v) is 3.28. The van der Waals surface area contributed by atoms with E-state index in [-0.39, 0.29) is 18.1 Å². The summed E-state index contributed by atoms with van der Waals surface area (Å²) in [6.45, 7) is 3.72. The van der Waals surface area contributed by atoms with E-state index < -0.39 is 42.1 Å². The fourth-order valence-electron chi connectivity index (χ4n) is 3.28. The number of phenolic OH excluding ortho intramolecular Hbond substituents is 1. The Morgan fingerprint density at radius 3 is 2.74 bits per heavy atom. The summed E-state index contributed by atoms with van der Waals surface area (Å²) < 4.78 is 30.3. The molecule has 1 saturated heterocycles. The van der Waals surface area contributed by atoms with Crippen molar-refractivity contribution in [1.29, 1.82) is 0 Å². The van der Waals surface area contributed by atoms with E-state index in [4.69, 9.17) is 19.0 Å². The number of hydrogen-bond donors (Lipinski definition) is 4. The van der Waals surface area contributed by atoms with Crippen molar-refractivity contribution in [2.24, 2.45) is 0 Å². The van der Waals surface area contributed by atoms with Crippen LogP contribution in [0.4, 0.5) is 4.39 Å². The van der Waals surface area contributed by atoms with Gasteiger partial charge in [-0.3, -0.25) is 0 Å². The van der Waals surface area contributed by atoms with Gasteiger partial charge in [0.05, 0.1) is 6.10 Å². The van der Waals surface area contributed by atoms with Crippen molar-refractivity contribution in [2.45, 2.75) is 31.0 Å². The lowest BCUT2D eigenvalue weighted by molar-refractivity contribution is -0.228. The standard InChI is InChI=1S/C21H18FNO8/c1-2-9-5-11(29-16-8-15(25)17(26)19(30-16)21(27)28)7-13-18(9)31-20(23-13)10-3-4-14(24)12(22)6-10/h2-7,15-17,19,24-26H,1,8H2,(H,27,28)/t15-,16?,17+,19+/m1/s1. The lowest BCUT2D eigenvalue weighted by Gasteiger charge is -2.34. The van der Waals surface area contributed by atoms with Crippen molar-refractivity contribution < 1.29 is 43.5 Å². The van der Waals surface area contributed by atoms with Gasteiger partial charge >= 0.3 is 5.97 Å². The van der Waals surface area contributed by atoms with E-state index in [9.17, 15) is 24.5 Å². The topological polar surface area (TPSA) is 142 Å². The first-order valence-electron chi connectivity index (χ1n) is 9.23. The van der Waals surface area contributed by atoms with Gasteiger partial charge in [-0.15, -0.1) is 0 Å². The number of halogens is 1. The van der Waals surface area contributed by atoms with E-state index in [1.54, 1.807) is 6.07 Å². The molecule has 4 atom stereocenters. The summed E-state index contributed by atoms with van der Waals surface area (Å²) in [7, 11) is 0. The number of aromatic hydroxyl groups is 1. The van der Waals surface area contributed by atoms with Crippen molar-refractivity contribution in [3.63, 3.8) is 0 Å². The zero-order chi connectivity index (χ0) is 22.3. The van der Waals surface area contributed by atoms with Crippen LogP contribution in [0, 0.1) is 5.82 Å². The van der Waals surface area contributed by atoms with Gasteiger partial charge in [0, 0.05) is 23.6 Å². The second kappa shape index (κ2) is 7.99. The summed E-state index contributed by atoms with van der Waals surface area (Å²) in [5, 5.41) is 38.2. The van der Waals surface area contributed by atoms with Gasteiger partial charge in [-0.1, -0.05) is 12.7 Å². The van der Waals surface area contributed by atoms with Crippen LogP contribution in [-0.2, 0) is 9.53 Å². The smallest absolute Gasteiger partial charge is 0.335 e. The number of aromatic nitrogens is 1. The lowest BCUT2D eigenvalue weighted by atomic mass is 10.0. The van der Waals surface area contributed by atoms with Crippen molar-refractivity contribution in [1.82, 2.24) is 4.98 Å². The molecule has 0 amide bonds. The minimum Gasteiger partial charge on any atom is -0.505 e. The van der Waals surface area contributed by atoms with Gasteiger partial charge in [-0.05, 0) is 24.3 Å². The lowest BCUT2D eigenvalue weighted by Crippen LogP contribution is -2.53. The average molecular weight is 431 g/mol. The first-order valence-corrected chi connectivity index (χ1v) is 9.23. The van der Waals surface area contributed by atoms with Crippen LogP contribution >= 0.6 is 0 Å². The van der Waals surface area contributed by atoms with Gasteiger partial charge in [0.1, 0.15) is 17.4 Å². The first-order chi connectivity index (χ1) is 14.8. The maximum absolute atomic E-state index is 13.7. The van der Waals surface area contributed by atoms with Crippen LogP contribution in [-0.4, -0.2) is 56.0 Å². The number of hydrogen-bond acceptors (Lipinski definition) is 8. The van der Waals surface area contributed by atoms with Crippen LogP contribution in [0.25, 0.3) is 28.6 Å². The number of nitrogens with zero attached hydrogens (tertiary/aromatic N) is 1. The van der Waals surface area contributed by atoms with Gasteiger partial charge in [0.25, 0.3) is 0 Å². The Kier molecular flexibility index (Phi) is 5.36. The summed E-state index contributed by atoms with van der Waals surface area (Å²) in [5.41, 5.74) is 1.51. The Hall–Kier alpha value is -3.47. The quantitative estimate of drug-likeness (QED) is 0.478. The van der Waals surface area contributed by atoms with Gasteiger partial charge in [0.2, 0.25) is 12.2 Å². The summed E-state index contributed by atoms with van der Waals surface area (Å²) in [4.78, 5) is 15.6. The highest BCUT2D eigenvalue weighted by Gasteiger charge is 2.42. The number of aliphatic hydroxyl groups is 2. The molecule has 1 aromatic heterocycles. The summed E-state index contributed by atoms with van der Waals surface area (Å²) in [6.07, 6.45) is -4.35. The zero-order valence-corrected chi connectivity index (χ0v) is 15.9. The maximum atomic E-state index is 13.7. The highest BCUT2D eigenvalue weighted by Crippen LogP contribution is 2.33. The van der Waals surface area contributed by atoms with Crippen molar-refractivity contribution >= 4 is 23.1 Å². The summed E-state index contributed by atoms with van der Waals surface area (Å²) in [6, 6.07) is 6.77. The molecule has 9 nitrogen and oxygen atoms in total. The molecular weight excluding hydrogens is 413 g/mol. The average Bonchev–Trinajstić information content (AvgIpc) is 3.16. The Labute approximate surface area is 174 Å². The van der Waals surface area contributed by atoms with Crippen molar-refractivity contribution in [3.8, 4) is 23.0 Å². The van der Waals surface area contributed by atoms with Gasteiger partial charge in [-0.2, -0.15) is 0 Å². The number of ether oxygens (including phenoxy) is 2. The number of aliphatic hydroxyl groups excluding tert-OH is 2. The number of aliphatic carboxylic acids is 1. The molecule has 31 heavy (non-hydrogen) atoms. The molecule has 3 aromatic rings. The molecule has 0 saturated carbocycles. The van der Waals surface area contributed by atoms with Crippen LogP contribution in [0.15, 0.2) is 41.3 Å². The van der Waals surface area contributed by atoms with E-state index in [0.717, 1.165) is 6.07 Å². The summed E-state index contributed by atoms with van der Waals surface area (Å²) in [5.74, 6) is -2.41. The van der Waals surface area contributed by atoms with Crippen LogP contribution in [0.5, 0.6) is 11.5 Å². The van der Waals surface area contributed by atoms with E-state index in [1.807, 2.05) is 0 Å². The Balaban J connectivity index is 1.65. The van der Waals surface area contributed by atoms with E-state index in [2.05, 4.69) is 11.6 Å². The van der Waals surface area contributed by atoms with Gasteiger partial charge in [0.15, 0.2) is 23.3 Å². The Morgan fingerprint density at radius 2 is 2.06 bits per heavy atom. The highest BCUT2D eigenvalue weighted by molar-refractivity contribution is 5.86. The predicted molar refractivity (Wildman–Crippen MR) is 105 cm³/mol. The maximum Gasteiger partial charge on any atom is 0.335 e. The predicted octanol–water partition coefficient (Wildman–Crippen LogP) is 2.28. The fraction of sp³-hybridized carbons (Fsp3) is 0.238. The molecule has 0 aliphatic carbocycles. The SMILES string of the molecule is C=Cc1cc(OC2C[C@@H](O)[C@H](O)[C@@H](C(=O)O)O2)cc2nc(-c3ccc(O)c(F)c3)oc12. The van der Waals surface area contributed by atoms with Crippen LogP contribution < -0.4 is 4.74 Å². The molecule has 1 unspecified atom stereocenters. The van der Waals surface area contributed by atoms with Crippen LogP contribution in [0.2, 0.25) is 0 Å². The molecule has 0 bridgehead atoms. The van der Waals surface area contributed by atoms with Crippen LogP contribution in [0.1, 0.15) is 12.0 Å². The number of benzene rings is 2. The van der Waals surface area contributed by atoms with E-state index in [1.165, 1.54) is 24.3 Å². The molecule has 0 spiro atoms. The first kappa shape index (κ1) is 20.8. The molecule has 2 aromatic carbocycles. The molecule has 2 heterocycles. The van der Waals surface area contributed by atoms with E-state index >= 15 is 0 Å². The number of fused-ring (bicyclic) bond motifs is 1. The Bertz CT molecular complexity index is 1160. The number of carboxylic acids is 1. The van der Waals surface area contributed by atoms with E-state index in [0.29, 0.717) is 22.2 Å². The second-order valence-electron chi connectivity index (χ2n) is 6.99. The number of carboxylic acid groups (broad SMARTS) is 1. The number of rotatable bonds is 5. The normalized spacial score (nSPS) is 23.6. The van der Waals surface area contributed by atoms with Crippen LogP contribution in [0.3, 0.4) is 0 Å². The third kappa shape index (κ3) is 3.96. The zero-order valence-electron chi connectivity index (χ0n) is 15.9. The molecule has 162 valence electrons. The molecule has 1 fully saturated rings. The third-order valence-electron chi connectivity index (χ3n) is 4.85. The molecule has 0 radical (unpaired) electrons. The molecule has 4 N–H and O–H groups in total. The van der Waals surface area contributed by atoms with Gasteiger partial charge < -0.3 is 34.3 Å². The van der Waals surface area contributed by atoms with Gasteiger partial charge in [-0.25, -0.2) is 14.2 Å². The minimum absolute atomic E-state index is 0.104. The summed E-state index contributed by atoms with van der Waals surface area (Å²) >= 11 is 0. The van der Waals surface area contributed by atoms with Crippen molar-refractivity contribution in [2.75, 3.05) is 0 Å². The molecule has 4 rings (SSSR count). The molecular formula is C21H18FNO8. The highest BCUT2D eigenvalue weighted by atomic mass is 19.1. The largest absolute Gasteiger partial charge is 0.505 e. The monoisotopic (exact) mass is 431 g/mol. The molecule has 1 aliphatic heterocycles. The molecule has 10 heteroatoms. The second-order valence-corrected chi connectivity index (χ2v) is 6.99. The third-order valence-corrected chi connectivity index (χ3v) is 4.85. The number of phenols is 1. The molecule has 1 aliphatic rings. The van der Waals surface area contributed by atoms with Crippen molar-refractivity contribution in [3.05, 3.63) is 48.3 Å².